The van der Waals surface area contributed by atoms with Gasteiger partial charge in [-0.1, -0.05) is 12.1 Å². The van der Waals surface area contributed by atoms with Gasteiger partial charge in [-0.15, -0.1) is 0 Å². The second-order valence-electron chi connectivity index (χ2n) is 3.56. The lowest BCUT2D eigenvalue weighted by Gasteiger charge is -2.01. The summed E-state index contributed by atoms with van der Waals surface area (Å²) in [4.78, 5) is 0. The van der Waals surface area contributed by atoms with Gasteiger partial charge in [-0.3, -0.25) is 0 Å². The summed E-state index contributed by atoms with van der Waals surface area (Å²) in [6.45, 7) is 0.316. The van der Waals surface area contributed by atoms with Gasteiger partial charge in [-0.25, -0.2) is 0 Å². The predicted octanol–water partition coefficient (Wildman–Crippen LogP) is 1.79. The third-order valence-electron chi connectivity index (χ3n) is 2.70. The summed E-state index contributed by atoms with van der Waals surface area (Å²) in [5.41, 5.74) is 1.32. The third-order valence-corrected chi connectivity index (χ3v) is 2.70. The molecule has 0 aromatic heterocycles. The van der Waals surface area contributed by atoms with Gasteiger partial charge in [0.15, 0.2) is 0 Å². The molecule has 1 aromatic carbocycles. The highest BCUT2D eigenvalue weighted by Gasteiger charge is 2.37. The number of hydrogen-bond donors (Lipinski definition) is 1. The van der Waals surface area contributed by atoms with Crippen LogP contribution < -0.4 is 4.74 Å². The highest BCUT2D eigenvalue weighted by molar-refractivity contribution is 5.32. The molecule has 1 aromatic rings. The first kappa shape index (κ1) is 8.57. The largest absolute Gasteiger partial charge is 0.497 e. The number of aliphatic hydroxyl groups is 1. The summed E-state index contributed by atoms with van der Waals surface area (Å²) in [6.07, 6.45) is 1.13. The van der Waals surface area contributed by atoms with Crippen molar-refractivity contribution in [3.05, 3.63) is 29.8 Å². The van der Waals surface area contributed by atoms with Crippen molar-refractivity contribution in [2.75, 3.05) is 13.7 Å². The monoisotopic (exact) mass is 178 g/mol. The van der Waals surface area contributed by atoms with Crippen LogP contribution in [0.1, 0.15) is 17.9 Å². The average Bonchev–Trinajstić information content (AvgIpc) is 2.97. The Bertz CT molecular complexity index is 279. The number of ether oxygens (including phenoxy) is 1. The van der Waals surface area contributed by atoms with E-state index >= 15 is 0 Å². The molecule has 2 heteroatoms. The minimum atomic E-state index is 0.316. The maximum Gasteiger partial charge on any atom is 0.118 e. The van der Waals surface area contributed by atoms with Crippen LogP contribution in [0.15, 0.2) is 24.3 Å². The fraction of sp³-hybridized carbons (Fsp3) is 0.455. The molecule has 0 unspecified atom stereocenters. The minimum absolute atomic E-state index is 0.316. The fourth-order valence-electron chi connectivity index (χ4n) is 1.71. The zero-order chi connectivity index (χ0) is 9.26. The van der Waals surface area contributed by atoms with Gasteiger partial charge in [0.25, 0.3) is 0 Å². The minimum Gasteiger partial charge on any atom is -0.497 e. The molecule has 2 rings (SSSR count). The molecule has 0 radical (unpaired) electrons. The maximum atomic E-state index is 8.91. The molecular weight excluding hydrogens is 164 g/mol. The van der Waals surface area contributed by atoms with Crippen molar-refractivity contribution in [1.29, 1.82) is 0 Å². The van der Waals surface area contributed by atoms with Crippen molar-refractivity contribution < 1.29 is 9.84 Å². The van der Waals surface area contributed by atoms with Crippen LogP contribution in [0.25, 0.3) is 0 Å². The topological polar surface area (TPSA) is 29.5 Å². The molecular formula is C11H14O2. The van der Waals surface area contributed by atoms with Crippen LogP contribution in [0.3, 0.4) is 0 Å². The molecule has 0 heterocycles. The van der Waals surface area contributed by atoms with E-state index in [1.807, 2.05) is 12.1 Å². The van der Waals surface area contributed by atoms with Crippen molar-refractivity contribution in [1.82, 2.24) is 0 Å². The van der Waals surface area contributed by atoms with E-state index in [2.05, 4.69) is 12.1 Å². The molecule has 0 saturated heterocycles. The van der Waals surface area contributed by atoms with Crippen LogP contribution in [0.4, 0.5) is 0 Å². The summed E-state index contributed by atoms with van der Waals surface area (Å²) in [5, 5.41) is 8.91. The smallest absolute Gasteiger partial charge is 0.118 e. The predicted molar refractivity (Wildman–Crippen MR) is 50.9 cm³/mol. The van der Waals surface area contributed by atoms with Crippen LogP contribution in [0.5, 0.6) is 5.75 Å². The highest BCUT2D eigenvalue weighted by Crippen LogP contribution is 2.47. The maximum absolute atomic E-state index is 8.91. The molecule has 0 aliphatic heterocycles. The molecule has 1 saturated carbocycles. The number of rotatable bonds is 3. The Morgan fingerprint density at radius 1 is 1.38 bits per heavy atom. The van der Waals surface area contributed by atoms with Gasteiger partial charge in [0.05, 0.1) is 7.11 Å². The van der Waals surface area contributed by atoms with Gasteiger partial charge in [-0.2, -0.15) is 0 Å². The normalized spacial score (nSPS) is 25.7. The van der Waals surface area contributed by atoms with Gasteiger partial charge < -0.3 is 9.84 Å². The number of methoxy groups -OCH3 is 1. The van der Waals surface area contributed by atoms with Gasteiger partial charge >= 0.3 is 0 Å². The second kappa shape index (κ2) is 3.38. The van der Waals surface area contributed by atoms with Crippen molar-refractivity contribution in [2.45, 2.75) is 12.3 Å². The van der Waals surface area contributed by atoms with Crippen molar-refractivity contribution in [3.8, 4) is 5.75 Å². The van der Waals surface area contributed by atoms with Gasteiger partial charge in [-0.05, 0) is 36.0 Å². The molecule has 13 heavy (non-hydrogen) atoms. The first-order chi connectivity index (χ1) is 6.35. The van der Waals surface area contributed by atoms with Crippen LogP contribution in [0.2, 0.25) is 0 Å². The number of aliphatic hydroxyl groups excluding tert-OH is 1. The molecule has 0 amide bonds. The summed E-state index contributed by atoms with van der Waals surface area (Å²) < 4.78 is 5.07. The molecule has 0 spiro atoms. The SMILES string of the molecule is COc1ccc([C@H]2C[C@@H]2CO)cc1. The third kappa shape index (κ3) is 1.68. The van der Waals surface area contributed by atoms with E-state index < -0.39 is 0 Å². The standard InChI is InChI=1S/C11H14O2/c1-13-10-4-2-8(3-5-10)11-6-9(11)7-12/h2-5,9,11-12H,6-7H2,1H3/t9-,11-/m1/s1. The van der Waals surface area contributed by atoms with E-state index in [1.54, 1.807) is 7.11 Å². The molecule has 0 bridgehead atoms. The van der Waals surface area contributed by atoms with Crippen LogP contribution in [-0.2, 0) is 0 Å². The molecule has 2 atom stereocenters. The number of hydrogen-bond acceptors (Lipinski definition) is 2. The highest BCUT2D eigenvalue weighted by atomic mass is 16.5. The summed E-state index contributed by atoms with van der Waals surface area (Å²) in [6, 6.07) is 8.11. The van der Waals surface area contributed by atoms with Crippen LogP contribution in [0, 0.1) is 5.92 Å². The molecule has 70 valence electrons. The Labute approximate surface area is 78.2 Å². The van der Waals surface area contributed by atoms with Crippen LogP contribution >= 0.6 is 0 Å². The Morgan fingerprint density at radius 3 is 2.54 bits per heavy atom. The van der Waals surface area contributed by atoms with Crippen molar-refractivity contribution in [3.63, 3.8) is 0 Å². The van der Waals surface area contributed by atoms with Gasteiger partial charge in [0, 0.05) is 6.61 Å². The van der Waals surface area contributed by atoms with Gasteiger partial charge in [0.1, 0.15) is 5.75 Å². The van der Waals surface area contributed by atoms with E-state index in [0.717, 1.165) is 12.2 Å². The second-order valence-corrected chi connectivity index (χ2v) is 3.56. The van der Waals surface area contributed by atoms with E-state index in [0.29, 0.717) is 18.4 Å². The molecule has 2 nitrogen and oxygen atoms in total. The summed E-state index contributed by atoms with van der Waals surface area (Å²) in [5.74, 6) is 1.97. The average molecular weight is 178 g/mol. The molecule has 1 fully saturated rings. The van der Waals surface area contributed by atoms with E-state index in [-0.39, 0.29) is 0 Å². The zero-order valence-corrected chi connectivity index (χ0v) is 7.73. The Balaban J connectivity index is 2.07. The van der Waals surface area contributed by atoms with Gasteiger partial charge in [0.2, 0.25) is 0 Å². The Morgan fingerprint density at radius 2 is 2.08 bits per heavy atom. The number of benzene rings is 1. The Kier molecular flexibility index (Phi) is 2.23. The quantitative estimate of drug-likeness (QED) is 0.764. The van der Waals surface area contributed by atoms with Crippen LogP contribution in [-0.4, -0.2) is 18.8 Å². The molecule has 1 aliphatic carbocycles. The lowest BCUT2D eigenvalue weighted by atomic mass is 10.1. The van der Waals surface area contributed by atoms with E-state index in [9.17, 15) is 0 Å². The van der Waals surface area contributed by atoms with E-state index in [4.69, 9.17) is 9.84 Å². The zero-order valence-electron chi connectivity index (χ0n) is 7.73. The Hall–Kier alpha value is -1.02. The van der Waals surface area contributed by atoms with E-state index in [1.165, 1.54) is 5.56 Å². The first-order valence-electron chi connectivity index (χ1n) is 4.60. The molecule has 1 aliphatic rings. The summed E-state index contributed by atoms with van der Waals surface area (Å²) in [7, 11) is 1.67. The fourth-order valence-corrected chi connectivity index (χ4v) is 1.71. The molecule has 1 N–H and O–H groups in total. The summed E-state index contributed by atoms with van der Waals surface area (Å²) >= 11 is 0. The lowest BCUT2D eigenvalue weighted by Crippen LogP contribution is -1.89. The first-order valence-corrected chi connectivity index (χ1v) is 4.60. The van der Waals surface area contributed by atoms with Crippen molar-refractivity contribution >= 4 is 0 Å². The van der Waals surface area contributed by atoms with Crippen molar-refractivity contribution in [2.24, 2.45) is 5.92 Å². The lowest BCUT2D eigenvalue weighted by molar-refractivity contribution is 0.274.